The molecule has 0 radical (unpaired) electrons. The van der Waals surface area contributed by atoms with Crippen LogP contribution in [-0.4, -0.2) is 39.0 Å². The van der Waals surface area contributed by atoms with E-state index in [-0.39, 0.29) is 6.04 Å². The third-order valence-electron chi connectivity index (χ3n) is 2.62. The standard InChI is InChI=1S/C11H16N2O3/c1-14-9-5-12-6-10(15-2)11(9)8-7-16-4-3-13-8/h5-6,8,13H,3-4,7H2,1-2H3. The maximum atomic E-state index is 5.44. The summed E-state index contributed by atoms with van der Waals surface area (Å²) in [5.41, 5.74) is 0.972. The Balaban J connectivity index is 2.34. The lowest BCUT2D eigenvalue weighted by molar-refractivity contribution is 0.0751. The molecule has 5 nitrogen and oxygen atoms in total. The summed E-state index contributed by atoms with van der Waals surface area (Å²) in [6.07, 6.45) is 3.38. The Morgan fingerprint density at radius 1 is 1.31 bits per heavy atom. The molecule has 1 atom stereocenters. The number of hydrogen-bond acceptors (Lipinski definition) is 5. The summed E-state index contributed by atoms with van der Waals surface area (Å²) in [6, 6.07) is 0.0987. The number of morpholine rings is 1. The van der Waals surface area contributed by atoms with Crippen LogP contribution in [0.25, 0.3) is 0 Å². The molecule has 16 heavy (non-hydrogen) atoms. The fourth-order valence-corrected chi connectivity index (χ4v) is 1.85. The quantitative estimate of drug-likeness (QED) is 0.821. The molecule has 1 aliphatic heterocycles. The van der Waals surface area contributed by atoms with Gasteiger partial charge in [0, 0.05) is 6.54 Å². The Bertz CT molecular complexity index is 329. The number of hydrogen-bond donors (Lipinski definition) is 1. The minimum absolute atomic E-state index is 0.0987. The highest BCUT2D eigenvalue weighted by atomic mass is 16.5. The highest BCUT2D eigenvalue weighted by Crippen LogP contribution is 2.33. The Labute approximate surface area is 94.7 Å². The average Bonchev–Trinajstić information content (AvgIpc) is 2.38. The Hall–Kier alpha value is -1.33. The van der Waals surface area contributed by atoms with Gasteiger partial charge in [0.2, 0.25) is 0 Å². The normalized spacial score (nSPS) is 20.5. The van der Waals surface area contributed by atoms with Crippen LogP contribution in [0, 0.1) is 0 Å². The van der Waals surface area contributed by atoms with E-state index in [0.717, 1.165) is 30.2 Å². The van der Waals surface area contributed by atoms with Gasteiger partial charge in [-0.1, -0.05) is 0 Å². The van der Waals surface area contributed by atoms with Gasteiger partial charge >= 0.3 is 0 Å². The molecule has 0 spiro atoms. The molecule has 1 aromatic heterocycles. The molecular formula is C11H16N2O3. The summed E-state index contributed by atoms with van der Waals surface area (Å²) in [5.74, 6) is 1.45. The Morgan fingerprint density at radius 3 is 2.50 bits per heavy atom. The maximum Gasteiger partial charge on any atom is 0.145 e. The molecule has 1 saturated heterocycles. The van der Waals surface area contributed by atoms with Crippen molar-refractivity contribution in [1.29, 1.82) is 0 Å². The van der Waals surface area contributed by atoms with E-state index >= 15 is 0 Å². The largest absolute Gasteiger partial charge is 0.495 e. The molecule has 1 aliphatic rings. The summed E-state index contributed by atoms with van der Waals surface area (Å²) in [5, 5.41) is 3.37. The molecular weight excluding hydrogens is 208 g/mol. The predicted molar refractivity (Wildman–Crippen MR) is 58.9 cm³/mol. The number of nitrogens with zero attached hydrogens (tertiary/aromatic N) is 1. The molecule has 0 aliphatic carbocycles. The van der Waals surface area contributed by atoms with Gasteiger partial charge < -0.3 is 19.5 Å². The van der Waals surface area contributed by atoms with Crippen molar-refractivity contribution in [2.24, 2.45) is 0 Å². The SMILES string of the molecule is COc1cncc(OC)c1C1COCCN1. The van der Waals surface area contributed by atoms with E-state index in [1.54, 1.807) is 26.6 Å². The van der Waals surface area contributed by atoms with Crippen LogP contribution in [0.5, 0.6) is 11.5 Å². The van der Waals surface area contributed by atoms with Gasteiger partial charge in [-0.25, -0.2) is 0 Å². The Morgan fingerprint density at radius 2 is 2.00 bits per heavy atom. The van der Waals surface area contributed by atoms with Gasteiger partial charge in [0.1, 0.15) is 11.5 Å². The van der Waals surface area contributed by atoms with Crippen LogP contribution in [0.2, 0.25) is 0 Å². The molecule has 5 heteroatoms. The van der Waals surface area contributed by atoms with Crippen molar-refractivity contribution < 1.29 is 14.2 Å². The maximum absolute atomic E-state index is 5.44. The lowest BCUT2D eigenvalue weighted by atomic mass is 10.1. The second kappa shape index (κ2) is 5.14. The molecule has 2 heterocycles. The summed E-state index contributed by atoms with van der Waals surface area (Å²) in [6.45, 7) is 2.20. The number of aromatic nitrogens is 1. The summed E-state index contributed by atoms with van der Waals surface area (Å²) < 4.78 is 16.0. The molecule has 1 fully saturated rings. The predicted octanol–water partition coefficient (Wildman–Crippen LogP) is 0.760. The van der Waals surface area contributed by atoms with Gasteiger partial charge in [-0.3, -0.25) is 4.98 Å². The van der Waals surface area contributed by atoms with Crippen LogP contribution in [0.15, 0.2) is 12.4 Å². The summed E-state index contributed by atoms with van der Waals surface area (Å²) in [4.78, 5) is 4.06. The first-order valence-corrected chi connectivity index (χ1v) is 5.23. The first-order chi connectivity index (χ1) is 7.86. The van der Waals surface area contributed by atoms with Gasteiger partial charge in [-0.05, 0) is 0 Å². The lowest BCUT2D eigenvalue weighted by Gasteiger charge is -2.26. The topological polar surface area (TPSA) is 52.6 Å². The van der Waals surface area contributed by atoms with Crippen LogP contribution in [0.1, 0.15) is 11.6 Å². The van der Waals surface area contributed by atoms with Crippen LogP contribution >= 0.6 is 0 Å². The van der Waals surface area contributed by atoms with E-state index in [1.165, 1.54) is 0 Å². The highest BCUT2D eigenvalue weighted by molar-refractivity contribution is 5.44. The first kappa shape index (κ1) is 11.2. The molecule has 0 bridgehead atoms. The van der Waals surface area contributed by atoms with Gasteiger partial charge in [0.15, 0.2) is 0 Å². The number of nitrogens with one attached hydrogen (secondary N) is 1. The van der Waals surface area contributed by atoms with Gasteiger partial charge in [0.05, 0.1) is 51.4 Å². The summed E-state index contributed by atoms with van der Waals surface area (Å²) >= 11 is 0. The van der Waals surface area contributed by atoms with Crippen LogP contribution in [0.4, 0.5) is 0 Å². The smallest absolute Gasteiger partial charge is 0.145 e. The van der Waals surface area contributed by atoms with Gasteiger partial charge in [-0.15, -0.1) is 0 Å². The molecule has 1 aromatic rings. The fraction of sp³-hybridized carbons (Fsp3) is 0.545. The minimum atomic E-state index is 0.0987. The molecule has 0 aromatic carbocycles. The minimum Gasteiger partial charge on any atom is -0.495 e. The van der Waals surface area contributed by atoms with Crippen LogP contribution in [0.3, 0.4) is 0 Å². The molecule has 1 N–H and O–H groups in total. The van der Waals surface area contributed by atoms with Gasteiger partial charge in [0.25, 0.3) is 0 Å². The van der Waals surface area contributed by atoms with Crippen molar-refractivity contribution in [3.05, 3.63) is 18.0 Å². The number of ether oxygens (including phenoxy) is 3. The third kappa shape index (κ3) is 2.10. The molecule has 0 saturated carbocycles. The van der Waals surface area contributed by atoms with Crippen molar-refractivity contribution in [3.8, 4) is 11.5 Å². The van der Waals surface area contributed by atoms with E-state index in [1.807, 2.05) is 0 Å². The zero-order valence-electron chi connectivity index (χ0n) is 9.53. The van der Waals surface area contributed by atoms with E-state index in [2.05, 4.69) is 10.3 Å². The van der Waals surface area contributed by atoms with E-state index in [4.69, 9.17) is 14.2 Å². The lowest BCUT2D eigenvalue weighted by Crippen LogP contribution is -2.35. The van der Waals surface area contributed by atoms with Gasteiger partial charge in [-0.2, -0.15) is 0 Å². The third-order valence-corrected chi connectivity index (χ3v) is 2.62. The van der Waals surface area contributed by atoms with Crippen molar-refractivity contribution in [2.45, 2.75) is 6.04 Å². The van der Waals surface area contributed by atoms with Crippen molar-refractivity contribution >= 4 is 0 Å². The second-order valence-electron chi connectivity index (χ2n) is 3.54. The zero-order valence-corrected chi connectivity index (χ0v) is 9.53. The monoisotopic (exact) mass is 224 g/mol. The molecule has 0 amide bonds. The van der Waals surface area contributed by atoms with E-state index < -0.39 is 0 Å². The number of rotatable bonds is 3. The first-order valence-electron chi connectivity index (χ1n) is 5.23. The zero-order chi connectivity index (χ0) is 11.4. The molecule has 2 rings (SSSR count). The molecule has 88 valence electrons. The van der Waals surface area contributed by atoms with Crippen LogP contribution in [-0.2, 0) is 4.74 Å². The number of pyridine rings is 1. The average molecular weight is 224 g/mol. The Kier molecular flexibility index (Phi) is 3.58. The summed E-state index contributed by atoms with van der Waals surface area (Å²) in [7, 11) is 3.26. The van der Waals surface area contributed by atoms with E-state index in [0.29, 0.717) is 6.61 Å². The molecule has 1 unspecified atom stereocenters. The van der Waals surface area contributed by atoms with Crippen molar-refractivity contribution in [3.63, 3.8) is 0 Å². The second-order valence-corrected chi connectivity index (χ2v) is 3.54. The van der Waals surface area contributed by atoms with Crippen LogP contribution < -0.4 is 14.8 Å². The number of methoxy groups -OCH3 is 2. The van der Waals surface area contributed by atoms with E-state index in [9.17, 15) is 0 Å². The highest BCUT2D eigenvalue weighted by Gasteiger charge is 2.23. The fourth-order valence-electron chi connectivity index (χ4n) is 1.85. The van der Waals surface area contributed by atoms with Crippen molar-refractivity contribution in [2.75, 3.05) is 34.0 Å². The van der Waals surface area contributed by atoms with Crippen molar-refractivity contribution in [1.82, 2.24) is 10.3 Å².